The van der Waals surface area contributed by atoms with Gasteiger partial charge < -0.3 is 5.73 Å². The number of halogens is 1. The summed E-state index contributed by atoms with van der Waals surface area (Å²) in [6.45, 7) is 0. The number of amides is 1. The van der Waals surface area contributed by atoms with Gasteiger partial charge in [-0.3, -0.25) is 4.79 Å². The van der Waals surface area contributed by atoms with Crippen molar-refractivity contribution in [2.75, 3.05) is 0 Å². The van der Waals surface area contributed by atoms with Crippen molar-refractivity contribution >= 4 is 26.9 Å². The molecule has 0 unspecified atom stereocenters. The zero-order valence-corrected chi connectivity index (χ0v) is 3.84. The van der Waals surface area contributed by atoms with Gasteiger partial charge in [-0.15, -0.1) is 0 Å². The van der Waals surface area contributed by atoms with Gasteiger partial charge in [0, 0.05) is 11.0 Å². The van der Waals surface area contributed by atoms with E-state index in [1.54, 1.807) is 0 Å². The van der Waals surface area contributed by atoms with Crippen molar-refractivity contribution in [3.63, 3.8) is 0 Å². The molecule has 0 aromatic carbocycles. The normalized spacial score (nSPS) is 7.40. The lowest BCUT2D eigenvalue weighted by molar-refractivity contribution is 0.267. The highest BCUT2D eigenvalue weighted by atomic mass is 35.7. The highest BCUT2D eigenvalue weighted by Gasteiger charge is 1.81. The molecule has 0 spiro atoms. The summed E-state index contributed by atoms with van der Waals surface area (Å²) in [6, 6.07) is 0. The Kier molecular flexibility index (Phi) is 2.41. The predicted octanol–water partition coefficient (Wildman–Crippen LogP) is 0.952. The summed E-state index contributed by atoms with van der Waals surface area (Å²) in [6.07, 6.45) is 0. The summed E-state index contributed by atoms with van der Waals surface area (Å²) >= 11 is 0. The van der Waals surface area contributed by atoms with E-state index in [0.717, 1.165) is 0 Å². The van der Waals surface area contributed by atoms with Crippen molar-refractivity contribution in [2.45, 2.75) is 0 Å². The quantitative estimate of drug-likeness (QED) is 0.506. The number of carbonyl (C=O) groups excluding carboxylic acids is 1. The van der Waals surface area contributed by atoms with E-state index in [4.69, 9.17) is 10.7 Å². The van der Waals surface area contributed by atoms with Crippen LogP contribution in [0.2, 0.25) is 0 Å². The van der Waals surface area contributed by atoms with Gasteiger partial charge in [0.05, 0.1) is 0 Å². The molecule has 0 radical (unpaired) electrons. The number of hydrogen-bond acceptors (Lipinski definition) is 2. The maximum absolute atomic E-state index is 9.42. The van der Waals surface area contributed by atoms with Crippen molar-refractivity contribution in [3.05, 3.63) is 0 Å². The molecule has 0 aliphatic rings. The molecule has 0 saturated heterocycles. The molecule has 1 amide bonds. The fraction of sp³-hybridized carbons (Fsp3) is 0. The van der Waals surface area contributed by atoms with E-state index in [9.17, 15) is 4.79 Å². The molecule has 30 valence electrons. The second kappa shape index (κ2) is 2.35. The van der Waals surface area contributed by atoms with Crippen LogP contribution in [0.4, 0.5) is 4.79 Å². The third kappa shape index (κ3) is 4.11. The number of primary amides is 1. The fourth-order valence-corrected chi connectivity index (χ4v) is 0. The van der Waals surface area contributed by atoms with Gasteiger partial charge in [-0.25, -0.2) is 0 Å². The van der Waals surface area contributed by atoms with Crippen LogP contribution in [0.15, 0.2) is 0 Å². The molecular weight excluding hydrogens is 110 g/mol. The maximum Gasteiger partial charge on any atom is 0.291 e. The zero-order chi connectivity index (χ0) is 4.28. The molecule has 4 heteroatoms. The molecule has 2 N–H and O–H groups in total. The van der Waals surface area contributed by atoms with Crippen LogP contribution in [-0.2, 0) is 0 Å². The second-order valence-electron chi connectivity index (χ2n) is 0.396. The van der Waals surface area contributed by atoms with E-state index >= 15 is 0 Å². The van der Waals surface area contributed by atoms with Crippen molar-refractivity contribution < 1.29 is 4.79 Å². The Morgan fingerprint density at radius 2 is 2.20 bits per heavy atom. The molecule has 0 atom stereocenters. The third-order valence-corrected chi connectivity index (χ3v) is 0.684. The van der Waals surface area contributed by atoms with Crippen LogP contribution < -0.4 is 5.73 Å². The minimum absolute atomic E-state index is 0.491. The van der Waals surface area contributed by atoms with Gasteiger partial charge in [-0.05, 0) is 10.7 Å². The molecule has 0 aromatic rings. The first-order chi connectivity index (χ1) is 2.27. The molecular formula is CH2ClNOS. The van der Waals surface area contributed by atoms with Crippen molar-refractivity contribution in [1.82, 2.24) is 0 Å². The maximum atomic E-state index is 9.42. The lowest BCUT2D eigenvalue weighted by Gasteiger charge is -1.69. The fourth-order valence-electron chi connectivity index (χ4n) is 0. The highest BCUT2D eigenvalue weighted by Crippen LogP contribution is 2.02. The molecule has 0 aliphatic heterocycles. The monoisotopic (exact) mass is 111 g/mol. The first-order valence-corrected chi connectivity index (χ1v) is 2.49. The topological polar surface area (TPSA) is 43.1 Å². The van der Waals surface area contributed by atoms with Gasteiger partial charge in [-0.1, -0.05) is 0 Å². The second-order valence-corrected chi connectivity index (χ2v) is 1.42. The Labute approximate surface area is 38.2 Å². The summed E-state index contributed by atoms with van der Waals surface area (Å²) in [4.78, 5) is 9.42. The molecule has 5 heavy (non-hydrogen) atoms. The summed E-state index contributed by atoms with van der Waals surface area (Å²) < 4.78 is 0. The van der Waals surface area contributed by atoms with Crippen molar-refractivity contribution in [3.8, 4) is 0 Å². The molecule has 0 aromatic heterocycles. The van der Waals surface area contributed by atoms with E-state index in [2.05, 4.69) is 5.73 Å². The first kappa shape index (κ1) is 5.11. The first-order valence-electron chi connectivity index (χ1n) is 0.851. The summed E-state index contributed by atoms with van der Waals surface area (Å²) in [5.41, 5.74) is 4.48. The standard InChI is InChI=1S/CH2ClNOS/c2-5-1(3)4/h(H2,3,4). The summed E-state index contributed by atoms with van der Waals surface area (Å²) in [5, 5.41) is -0.563. The summed E-state index contributed by atoms with van der Waals surface area (Å²) in [5.74, 6) is 0. The number of nitrogens with two attached hydrogens (primary N) is 1. The molecule has 0 fully saturated rings. The van der Waals surface area contributed by atoms with E-state index in [1.165, 1.54) is 0 Å². The molecule has 0 bridgehead atoms. The lowest BCUT2D eigenvalue weighted by Crippen LogP contribution is -1.97. The van der Waals surface area contributed by atoms with Crippen LogP contribution in [0.25, 0.3) is 0 Å². The predicted molar refractivity (Wildman–Crippen MR) is 23.0 cm³/mol. The zero-order valence-electron chi connectivity index (χ0n) is 2.27. The van der Waals surface area contributed by atoms with Gasteiger partial charge in [0.1, 0.15) is 0 Å². The van der Waals surface area contributed by atoms with E-state index in [-0.39, 0.29) is 0 Å². The van der Waals surface area contributed by atoms with Crippen LogP contribution in [-0.4, -0.2) is 5.24 Å². The lowest BCUT2D eigenvalue weighted by atomic mass is 11.5. The average molecular weight is 112 g/mol. The van der Waals surface area contributed by atoms with Crippen LogP contribution in [0.3, 0.4) is 0 Å². The average Bonchev–Trinajstić information content (AvgIpc) is 1.38. The molecule has 0 saturated carbocycles. The van der Waals surface area contributed by atoms with E-state index in [1.807, 2.05) is 0 Å². The number of hydrogen-bond donors (Lipinski definition) is 1. The summed E-state index contributed by atoms with van der Waals surface area (Å²) in [7, 11) is 5.27. The van der Waals surface area contributed by atoms with Crippen LogP contribution >= 0.6 is 21.7 Å². The Morgan fingerprint density at radius 1 is 2.00 bits per heavy atom. The van der Waals surface area contributed by atoms with Gasteiger partial charge >= 0.3 is 0 Å². The van der Waals surface area contributed by atoms with Crippen LogP contribution in [0.1, 0.15) is 0 Å². The number of carbonyl (C=O) groups is 1. The molecule has 2 nitrogen and oxygen atoms in total. The van der Waals surface area contributed by atoms with Gasteiger partial charge in [0.2, 0.25) is 0 Å². The Balaban J connectivity index is 2.85. The Morgan fingerprint density at radius 3 is 2.20 bits per heavy atom. The van der Waals surface area contributed by atoms with E-state index in [0.29, 0.717) is 11.0 Å². The minimum Gasteiger partial charge on any atom is -0.360 e. The van der Waals surface area contributed by atoms with Gasteiger partial charge in [0.15, 0.2) is 0 Å². The van der Waals surface area contributed by atoms with Gasteiger partial charge in [0.25, 0.3) is 5.24 Å². The molecule has 0 rings (SSSR count). The smallest absolute Gasteiger partial charge is 0.291 e. The van der Waals surface area contributed by atoms with E-state index < -0.39 is 5.24 Å². The molecule has 0 aliphatic carbocycles. The molecule has 0 heterocycles. The SMILES string of the molecule is NC(=O)SCl. The van der Waals surface area contributed by atoms with Gasteiger partial charge in [-0.2, -0.15) is 0 Å². The number of rotatable bonds is 0. The Bertz CT molecular complexity index is 46.9. The Hall–Kier alpha value is 0.110. The largest absolute Gasteiger partial charge is 0.360 e. The minimum atomic E-state index is -0.563. The van der Waals surface area contributed by atoms with Crippen molar-refractivity contribution in [1.29, 1.82) is 0 Å². The van der Waals surface area contributed by atoms with Crippen molar-refractivity contribution in [2.24, 2.45) is 5.73 Å². The highest BCUT2D eigenvalue weighted by molar-refractivity contribution is 8.32. The third-order valence-electron chi connectivity index (χ3n) is 0.0760. The van der Waals surface area contributed by atoms with Crippen LogP contribution in [0.5, 0.6) is 0 Å². The van der Waals surface area contributed by atoms with Crippen LogP contribution in [0, 0.1) is 0 Å².